The van der Waals surface area contributed by atoms with Gasteiger partial charge in [0.2, 0.25) is 5.91 Å². The highest BCUT2D eigenvalue weighted by Crippen LogP contribution is 2.40. The molecule has 2 aromatic heterocycles. The number of amides is 1. The van der Waals surface area contributed by atoms with Crippen LogP contribution >= 0.6 is 15.9 Å². The van der Waals surface area contributed by atoms with Crippen molar-refractivity contribution >= 4 is 27.7 Å². The highest BCUT2D eigenvalue weighted by atomic mass is 79.9. The number of hydrogen-bond donors (Lipinski definition) is 1. The summed E-state index contributed by atoms with van der Waals surface area (Å²) in [7, 11) is 0. The summed E-state index contributed by atoms with van der Waals surface area (Å²) in [6, 6.07) is 14.5. The van der Waals surface area contributed by atoms with Crippen LogP contribution in [0.5, 0.6) is 0 Å². The Labute approximate surface area is 185 Å². The Morgan fingerprint density at radius 1 is 1.19 bits per heavy atom. The molecule has 0 aliphatic carbocycles. The Morgan fingerprint density at radius 2 is 2.00 bits per heavy atom. The third kappa shape index (κ3) is 3.50. The molecule has 0 spiro atoms. The number of anilines is 1. The van der Waals surface area contributed by atoms with E-state index >= 15 is 0 Å². The van der Waals surface area contributed by atoms with Crippen molar-refractivity contribution in [1.82, 2.24) is 25.0 Å². The maximum atomic E-state index is 14.2. The molecule has 2 aromatic carbocycles. The molecular formula is C22H16BrFN6O. The van der Waals surface area contributed by atoms with Gasteiger partial charge in [-0.25, -0.2) is 9.37 Å². The molecule has 7 nitrogen and oxygen atoms in total. The third-order valence-corrected chi connectivity index (χ3v) is 5.90. The highest BCUT2D eigenvalue weighted by Gasteiger charge is 2.33. The lowest BCUT2D eigenvalue weighted by Crippen LogP contribution is -2.25. The van der Waals surface area contributed by atoms with E-state index in [1.807, 2.05) is 43.3 Å². The molecule has 0 bridgehead atoms. The van der Waals surface area contributed by atoms with Crippen molar-refractivity contribution in [3.8, 4) is 17.2 Å². The predicted octanol–water partition coefficient (Wildman–Crippen LogP) is 4.41. The zero-order valence-electron chi connectivity index (χ0n) is 16.4. The number of rotatable bonds is 3. The number of nitrogens with one attached hydrogen (secondary N) is 1. The number of aryl methyl sites for hydroxylation is 1. The number of carbonyl (C=O) groups excluding carboxylic acids is 1. The van der Waals surface area contributed by atoms with Gasteiger partial charge in [0, 0.05) is 23.5 Å². The fraction of sp³-hybridized carbons (Fsp3) is 0.136. The van der Waals surface area contributed by atoms with Crippen LogP contribution in [0.25, 0.3) is 17.2 Å². The van der Waals surface area contributed by atoms with Crippen LogP contribution in [-0.2, 0) is 4.79 Å². The smallest absolute Gasteiger partial charge is 0.272 e. The first-order valence-electron chi connectivity index (χ1n) is 9.61. The van der Waals surface area contributed by atoms with E-state index in [0.29, 0.717) is 27.2 Å². The molecule has 1 aliphatic heterocycles. The maximum Gasteiger partial charge on any atom is 0.272 e. The lowest BCUT2D eigenvalue weighted by molar-refractivity contribution is -0.116. The van der Waals surface area contributed by atoms with Crippen molar-refractivity contribution in [3.05, 3.63) is 81.8 Å². The van der Waals surface area contributed by atoms with Crippen LogP contribution in [0.15, 0.2) is 59.2 Å². The molecule has 0 radical (unpaired) electrons. The fourth-order valence-corrected chi connectivity index (χ4v) is 4.08. The first-order valence-corrected chi connectivity index (χ1v) is 10.4. The van der Waals surface area contributed by atoms with E-state index in [1.165, 1.54) is 10.7 Å². The van der Waals surface area contributed by atoms with Crippen molar-refractivity contribution in [1.29, 1.82) is 0 Å². The Hall–Kier alpha value is -3.46. The van der Waals surface area contributed by atoms with E-state index in [-0.39, 0.29) is 30.0 Å². The van der Waals surface area contributed by atoms with Gasteiger partial charge in [-0.3, -0.25) is 4.79 Å². The van der Waals surface area contributed by atoms with Gasteiger partial charge in [-0.05, 0) is 40.5 Å². The van der Waals surface area contributed by atoms with Gasteiger partial charge in [0.05, 0.1) is 22.1 Å². The maximum absolute atomic E-state index is 14.2. The molecule has 0 fully saturated rings. The monoisotopic (exact) mass is 478 g/mol. The van der Waals surface area contributed by atoms with E-state index in [9.17, 15) is 9.18 Å². The van der Waals surface area contributed by atoms with Crippen LogP contribution in [0.2, 0.25) is 0 Å². The van der Waals surface area contributed by atoms with E-state index in [0.717, 1.165) is 11.1 Å². The van der Waals surface area contributed by atoms with Gasteiger partial charge in [0.15, 0.2) is 0 Å². The quantitative estimate of drug-likeness (QED) is 0.471. The molecule has 4 aromatic rings. The zero-order valence-corrected chi connectivity index (χ0v) is 18.0. The summed E-state index contributed by atoms with van der Waals surface area (Å²) in [6.45, 7) is 1.85. The van der Waals surface area contributed by atoms with Crippen LogP contribution in [0.1, 0.15) is 29.2 Å². The number of benzene rings is 2. The topological polar surface area (TPSA) is 85.6 Å². The molecule has 1 aliphatic rings. The predicted molar refractivity (Wildman–Crippen MR) is 116 cm³/mol. The summed E-state index contributed by atoms with van der Waals surface area (Å²) in [4.78, 5) is 17.1. The standard InChI is InChI=1S/C22H16BrFN6O/c1-12-20-15(14-7-8-16(23)17(24)9-14)10-19(31)27-21(20)30(29-12)22-26-18(11-25-28-22)13-5-3-2-4-6-13/h2-9,11,15H,10H2,1H3,(H,27,31)/t15-/m1/s1. The minimum absolute atomic E-state index is 0.186. The van der Waals surface area contributed by atoms with Crippen LogP contribution in [0, 0.1) is 12.7 Å². The minimum Gasteiger partial charge on any atom is -0.310 e. The largest absolute Gasteiger partial charge is 0.310 e. The normalized spacial score (nSPS) is 15.5. The van der Waals surface area contributed by atoms with Gasteiger partial charge in [-0.1, -0.05) is 36.4 Å². The molecule has 0 unspecified atom stereocenters. The van der Waals surface area contributed by atoms with Crippen molar-refractivity contribution in [3.63, 3.8) is 0 Å². The Bertz CT molecular complexity index is 1310. The van der Waals surface area contributed by atoms with Crippen LogP contribution in [0.4, 0.5) is 10.2 Å². The lowest BCUT2D eigenvalue weighted by Gasteiger charge is -2.24. The van der Waals surface area contributed by atoms with Gasteiger partial charge < -0.3 is 5.32 Å². The SMILES string of the molecule is Cc1nn(-c2nncc(-c3ccccc3)n2)c2c1[C@@H](c1ccc(Br)c(F)c1)CC(=O)N2. The van der Waals surface area contributed by atoms with Crippen molar-refractivity contribution in [2.45, 2.75) is 19.3 Å². The van der Waals surface area contributed by atoms with Crippen molar-refractivity contribution < 1.29 is 9.18 Å². The molecular weight excluding hydrogens is 463 g/mol. The van der Waals surface area contributed by atoms with Crippen LogP contribution in [0.3, 0.4) is 0 Å². The summed E-state index contributed by atoms with van der Waals surface area (Å²) in [6.07, 6.45) is 1.78. The number of halogens is 2. The van der Waals surface area contributed by atoms with Crippen molar-refractivity contribution in [2.24, 2.45) is 0 Å². The average Bonchev–Trinajstić information content (AvgIpc) is 3.12. The number of hydrogen-bond acceptors (Lipinski definition) is 5. The van der Waals surface area contributed by atoms with E-state index in [1.54, 1.807) is 12.3 Å². The summed E-state index contributed by atoms with van der Waals surface area (Å²) < 4.78 is 16.1. The number of carbonyl (C=O) groups is 1. The summed E-state index contributed by atoms with van der Waals surface area (Å²) in [5, 5.41) is 15.7. The van der Waals surface area contributed by atoms with Gasteiger partial charge in [-0.2, -0.15) is 14.9 Å². The molecule has 5 rings (SSSR count). The van der Waals surface area contributed by atoms with Crippen LogP contribution < -0.4 is 5.32 Å². The van der Waals surface area contributed by atoms with Gasteiger partial charge in [0.25, 0.3) is 5.95 Å². The summed E-state index contributed by atoms with van der Waals surface area (Å²) >= 11 is 3.18. The van der Waals surface area contributed by atoms with Crippen LogP contribution in [-0.4, -0.2) is 30.9 Å². The highest BCUT2D eigenvalue weighted by molar-refractivity contribution is 9.10. The molecule has 154 valence electrons. The first kappa shape index (κ1) is 19.5. The molecule has 3 heterocycles. The fourth-order valence-electron chi connectivity index (χ4n) is 3.84. The third-order valence-electron chi connectivity index (χ3n) is 5.26. The first-order chi connectivity index (χ1) is 15.0. The van der Waals surface area contributed by atoms with E-state index in [2.05, 4.69) is 41.5 Å². The second-order valence-corrected chi connectivity index (χ2v) is 8.10. The summed E-state index contributed by atoms with van der Waals surface area (Å²) in [5.41, 5.74) is 3.76. The Kier molecular flexibility index (Phi) is 4.82. The summed E-state index contributed by atoms with van der Waals surface area (Å²) in [5.74, 6) is -0.166. The van der Waals surface area contributed by atoms with E-state index < -0.39 is 0 Å². The molecule has 9 heteroatoms. The minimum atomic E-state index is -0.377. The average molecular weight is 479 g/mol. The van der Waals surface area contributed by atoms with E-state index in [4.69, 9.17) is 0 Å². The molecule has 31 heavy (non-hydrogen) atoms. The lowest BCUT2D eigenvalue weighted by atomic mass is 9.86. The number of fused-ring (bicyclic) bond motifs is 1. The molecule has 0 saturated carbocycles. The second kappa shape index (κ2) is 7.66. The second-order valence-electron chi connectivity index (χ2n) is 7.25. The zero-order chi connectivity index (χ0) is 21.5. The van der Waals surface area contributed by atoms with Gasteiger partial charge in [-0.15, -0.1) is 5.10 Å². The van der Waals surface area contributed by atoms with Gasteiger partial charge in [0.1, 0.15) is 11.6 Å². The molecule has 1 amide bonds. The molecule has 1 atom stereocenters. The number of nitrogens with zero attached hydrogens (tertiary/aromatic N) is 5. The van der Waals surface area contributed by atoms with Gasteiger partial charge >= 0.3 is 0 Å². The van der Waals surface area contributed by atoms with Crippen molar-refractivity contribution in [2.75, 3.05) is 5.32 Å². The number of aromatic nitrogens is 5. The Balaban J connectivity index is 1.63. The molecule has 0 saturated heterocycles. The molecule has 1 N–H and O–H groups in total. The Morgan fingerprint density at radius 3 is 2.77 bits per heavy atom.